The molecule has 23 heavy (non-hydrogen) atoms. The van der Waals surface area contributed by atoms with Crippen LogP contribution in [0.15, 0.2) is 18.5 Å². The second kappa shape index (κ2) is 6.76. The molecule has 3 rings (SSSR count). The minimum absolute atomic E-state index is 0.237. The molecule has 0 aliphatic carbocycles. The first kappa shape index (κ1) is 15.5. The summed E-state index contributed by atoms with van der Waals surface area (Å²) in [5.74, 6) is 0.419. The first-order valence-corrected chi connectivity index (χ1v) is 8.02. The number of hydrogen-bond donors (Lipinski definition) is 1. The van der Waals surface area contributed by atoms with Crippen LogP contribution in [0.1, 0.15) is 41.9 Å². The van der Waals surface area contributed by atoms with E-state index >= 15 is 0 Å². The van der Waals surface area contributed by atoms with E-state index in [1.165, 1.54) is 12.8 Å². The van der Waals surface area contributed by atoms with Crippen molar-refractivity contribution in [1.82, 2.24) is 19.7 Å². The van der Waals surface area contributed by atoms with Crippen LogP contribution in [0.3, 0.4) is 0 Å². The zero-order valence-corrected chi connectivity index (χ0v) is 13.6. The smallest absolute Gasteiger partial charge is 0.274 e. The largest absolute Gasteiger partial charge is 0.341 e. The summed E-state index contributed by atoms with van der Waals surface area (Å²) < 4.78 is 1.64. The molecule has 0 atom stereocenters. The highest BCUT2D eigenvalue weighted by atomic mass is 16.1. The van der Waals surface area contributed by atoms with Crippen molar-refractivity contribution in [3.8, 4) is 0 Å². The Labute approximate surface area is 135 Å². The van der Waals surface area contributed by atoms with Gasteiger partial charge < -0.3 is 10.2 Å². The zero-order chi connectivity index (χ0) is 16.2. The molecular formula is C16H22N6O. The van der Waals surface area contributed by atoms with Gasteiger partial charge in [0.15, 0.2) is 0 Å². The van der Waals surface area contributed by atoms with Crippen LogP contribution in [-0.4, -0.2) is 38.7 Å². The molecule has 3 heterocycles. The van der Waals surface area contributed by atoms with E-state index in [2.05, 4.69) is 25.3 Å². The Morgan fingerprint density at radius 1 is 1.17 bits per heavy atom. The predicted molar refractivity (Wildman–Crippen MR) is 88.6 cm³/mol. The maximum Gasteiger partial charge on any atom is 0.274 e. The van der Waals surface area contributed by atoms with E-state index in [0.717, 1.165) is 31.6 Å². The summed E-state index contributed by atoms with van der Waals surface area (Å²) >= 11 is 0. The van der Waals surface area contributed by atoms with Crippen LogP contribution in [0.5, 0.6) is 0 Å². The van der Waals surface area contributed by atoms with Crippen molar-refractivity contribution >= 4 is 17.5 Å². The average Bonchev–Trinajstić information content (AvgIpc) is 2.77. The lowest BCUT2D eigenvalue weighted by Crippen LogP contribution is -2.27. The molecule has 1 saturated heterocycles. The number of aryl methyl sites for hydroxylation is 2. The summed E-state index contributed by atoms with van der Waals surface area (Å²) in [5.41, 5.74) is 1.85. The Hall–Kier alpha value is -2.44. The van der Waals surface area contributed by atoms with Crippen LogP contribution >= 0.6 is 0 Å². The molecule has 7 nitrogen and oxygen atoms in total. The molecule has 122 valence electrons. The van der Waals surface area contributed by atoms with E-state index in [-0.39, 0.29) is 5.91 Å². The molecule has 0 unspecified atom stereocenters. The number of nitrogens with one attached hydrogen (secondary N) is 1. The van der Waals surface area contributed by atoms with Gasteiger partial charge in [0.05, 0.1) is 11.9 Å². The van der Waals surface area contributed by atoms with Crippen LogP contribution in [0.4, 0.5) is 11.6 Å². The Morgan fingerprint density at radius 2 is 1.91 bits per heavy atom. The van der Waals surface area contributed by atoms with Gasteiger partial charge in [-0.1, -0.05) is 12.8 Å². The summed E-state index contributed by atoms with van der Waals surface area (Å²) in [5, 5.41) is 6.86. The molecule has 1 fully saturated rings. The maximum atomic E-state index is 12.4. The molecule has 1 amide bonds. The van der Waals surface area contributed by atoms with Crippen LogP contribution in [0, 0.1) is 6.92 Å². The van der Waals surface area contributed by atoms with Crippen LogP contribution in [0.2, 0.25) is 0 Å². The Morgan fingerprint density at radius 3 is 2.57 bits per heavy atom. The predicted octanol–water partition coefficient (Wildman–Crippen LogP) is 2.15. The molecule has 0 bridgehead atoms. The second-order valence-electron chi connectivity index (χ2n) is 5.95. The number of nitrogens with zero attached hydrogens (tertiary/aromatic N) is 5. The van der Waals surface area contributed by atoms with Crippen molar-refractivity contribution in [3.63, 3.8) is 0 Å². The van der Waals surface area contributed by atoms with Gasteiger partial charge >= 0.3 is 0 Å². The molecule has 1 aliphatic heterocycles. The summed E-state index contributed by atoms with van der Waals surface area (Å²) in [7, 11) is 1.81. The molecule has 2 aromatic rings. The molecule has 0 saturated carbocycles. The molecule has 0 spiro atoms. The third-order valence-corrected chi connectivity index (χ3v) is 3.93. The first-order chi connectivity index (χ1) is 11.1. The third-order valence-electron chi connectivity index (χ3n) is 3.93. The van der Waals surface area contributed by atoms with Gasteiger partial charge in [0.25, 0.3) is 5.91 Å². The van der Waals surface area contributed by atoms with E-state index < -0.39 is 0 Å². The second-order valence-corrected chi connectivity index (χ2v) is 5.95. The van der Waals surface area contributed by atoms with Gasteiger partial charge in [0.2, 0.25) is 5.95 Å². The van der Waals surface area contributed by atoms with Crippen molar-refractivity contribution in [2.24, 2.45) is 7.05 Å². The number of anilines is 2. The van der Waals surface area contributed by atoms with Gasteiger partial charge in [-0.3, -0.25) is 9.48 Å². The molecule has 7 heteroatoms. The fourth-order valence-electron chi connectivity index (χ4n) is 2.76. The van der Waals surface area contributed by atoms with Crippen LogP contribution < -0.4 is 10.2 Å². The molecule has 1 N–H and O–H groups in total. The summed E-state index contributed by atoms with van der Waals surface area (Å²) in [6, 6.07) is 1.72. The lowest BCUT2D eigenvalue weighted by molar-refractivity contribution is 0.102. The highest BCUT2D eigenvalue weighted by Crippen LogP contribution is 2.17. The molecule has 0 radical (unpaired) electrons. The van der Waals surface area contributed by atoms with Gasteiger partial charge in [0.1, 0.15) is 5.69 Å². The minimum Gasteiger partial charge on any atom is -0.341 e. The highest BCUT2D eigenvalue weighted by molar-refractivity contribution is 6.02. The molecule has 2 aromatic heterocycles. The van der Waals surface area contributed by atoms with Gasteiger partial charge in [-0.05, 0) is 25.8 Å². The fourth-order valence-corrected chi connectivity index (χ4v) is 2.76. The van der Waals surface area contributed by atoms with E-state index in [4.69, 9.17) is 0 Å². The molecule has 1 aliphatic rings. The topological polar surface area (TPSA) is 75.9 Å². The standard InChI is InChI=1S/C16H22N6O/c1-12-9-14(15(23)19-13-10-17-21(2)11-13)20-16(18-12)22-7-5-3-4-6-8-22/h9-11H,3-8H2,1-2H3,(H,19,23). The molecule has 0 aromatic carbocycles. The van der Waals surface area contributed by atoms with Crippen LogP contribution in [0.25, 0.3) is 0 Å². The lowest BCUT2D eigenvalue weighted by atomic mass is 10.2. The lowest BCUT2D eigenvalue weighted by Gasteiger charge is -2.20. The number of carbonyl (C=O) groups excluding carboxylic acids is 1. The highest BCUT2D eigenvalue weighted by Gasteiger charge is 2.17. The fraction of sp³-hybridized carbons (Fsp3) is 0.500. The molecular weight excluding hydrogens is 292 g/mol. The Bertz CT molecular complexity index is 688. The quantitative estimate of drug-likeness (QED) is 0.939. The monoisotopic (exact) mass is 314 g/mol. The first-order valence-electron chi connectivity index (χ1n) is 8.02. The van der Waals surface area contributed by atoms with E-state index in [9.17, 15) is 4.79 Å². The van der Waals surface area contributed by atoms with E-state index in [1.54, 1.807) is 23.1 Å². The Kier molecular flexibility index (Phi) is 4.55. The van der Waals surface area contributed by atoms with E-state index in [1.807, 2.05) is 14.0 Å². The number of carbonyl (C=O) groups is 1. The summed E-state index contributed by atoms with van der Waals surface area (Å²) in [6.45, 7) is 3.80. The summed E-state index contributed by atoms with van der Waals surface area (Å²) in [6.07, 6.45) is 8.15. The van der Waals surface area contributed by atoms with Crippen molar-refractivity contribution in [2.75, 3.05) is 23.3 Å². The van der Waals surface area contributed by atoms with Gasteiger partial charge in [-0.15, -0.1) is 0 Å². The average molecular weight is 314 g/mol. The number of amides is 1. The zero-order valence-electron chi connectivity index (χ0n) is 13.6. The third kappa shape index (κ3) is 3.85. The number of aromatic nitrogens is 4. The summed E-state index contributed by atoms with van der Waals surface area (Å²) in [4.78, 5) is 23.6. The van der Waals surface area contributed by atoms with Crippen molar-refractivity contribution < 1.29 is 4.79 Å². The van der Waals surface area contributed by atoms with Crippen molar-refractivity contribution in [2.45, 2.75) is 32.6 Å². The Balaban J connectivity index is 1.80. The maximum absolute atomic E-state index is 12.4. The SMILES string of the molecule is Cc1cc(C(=O)Nc2cnn(C)c2)nc(N2CCCCCC2)n1. The van der Waals surface area contributed by atoms with Crippen LogP contribution in [-0.2, 0) is 7.05 Å². The number of rotatable bonds is 3. The van der Waals surface area contributed by atoms with Crippen molar-refractivity contribution in [3.05, 3.63) is 29.8 Å². The minimum atomic E-state index is -0.237. The van der Waals surface area contributed by atoms with E-state index in [0.29, 0.717) is 17.3 Å². The van der Waals surface area contributed by atoms with Crippen molar-refractivity contribution in [1.29, 1.82) is 0 Å². The van der Waals surface area contributed by atoms with Gasteiger partial charge in [-0.25, -0.2) is 9.97 Å². The van der Waals surface area contributed by atoms with Gasteiger partial charge in [0, 0.05) is 32.0 Å². The van der Waals surface area contributed by atoms with Gasteiger partial charge in [-0.2, -0.15) is 5.10 Å². The number of hydrogen-bond acceptors (Lipinski definition) is 5. The normalized spacial score (nSPS) is 15.3.